The summed E-state index contributed by atoms with van der Waals surface area (Å²) in [5, 5.41) is 23.7. The van der Waals surface area contributed by atoms with Gasteiger partial charge in [0.15, 0.2) is 10.2 Å². The summed E-state index contributed by atoms with van der Waals surface area (Å²) in [6, 6.07) is 14.8. The van der Waals surface area contributed by atoms with Gasteiger partial charge >= 0.3 is 13.3 Å². The number of nitrogens with zero attached hydrogens (tertiary/aromatic N) is 3. The Labute approximate surface area is 397 Å². The molecule has 0 bridgehead atoms. The van der Waals surface area contributed by atoms with Crippen molar-refractivity contribution in [3.05, 3.63) is 70.6 Å². The third-order valence-electron chi connectivity index (χ3n) is 12.3. The molecule has 6 rings (SSSR count). The number of aliphatic hydroxyl groups excluding tert-OH is 1. The van der Waals surface area contributed by atoms with Gasteiger partial charge in [-0.1, -0.05) is 87.6 Å². The monoisotopic (exact) mass is 988 g/mol. The predicted octanol–water partition coefficient (Wildman–Crippen LogP) is 8.95. The molecule has 13 nitrogen and oxygen atoms in total. The molecule has 358 valence electrons. The van der Waals surface area contributed by atoms with Crippen molar-refractivity contribution in [2.45, 2.75) is 115 Å². The molecule has 19 heteroatoms. The van der Waals surface area contributed by atoms with E-state index < -0.39 is 73.5 Å². The highest BCUT2D eigenvalue weighted by atomic mass is 32.2. The van der Waals surface area contributed by atoms with Crippen molar-refractivity contribution in [2.75, 3.05) is 37.8 Å². The topological polar surface area (TPSA) is 183 Å². The largest absolute Gasteiger partial charge is 0.404 e. The van der Waals surface area contributed by atoms with Gasteiger partial charge in [-0.15, -0.1) is 11.3 Å². The van der Waals surface area contributed by atoms with Crippen molar-refractivity contribution in [3.63, 3.8) is 0 Å². The second-order valence-corrected chi connectivity index (χ2v) is 23.9. The van der Waals surface area contributed by atoms with Crippen LogP contribution in [0.15, 0.2) is 54.6 Å². The second-order valence-electron chi connectivity index (χ2n) is 18.4. The molecule has 0 aliphatic carbocycles. The van der Waals surface area contributed by atoms with Gasteiger partial charge in [-0.05, 0) is 73.6 Å². The number of thiophene rings is 1. The van der Waals surface area contributed by atoms with Crippen molar-refractivity contribution in [2.24, 2.45) is 17.8 Å². The minimum atomic E-state index is -5.28. The molecular weight excluding hydrogens is 930 g/mol. The maximum Gasteiger partial charge on any atom is 0.404 e. The van der Waals surface area contributed by atoms with E-state index in [4.69, 9.17) is 9.05 Å². The Kier molecular flexibility index (Phi) is 17.4. The number of carbonyl (C=O) groups excluding carboxylic acids is 5. The lowest BCUT2D eigenvalue weighted by Crippen LogP contribution is -2.61. The fourth-order valence-corrected chi connectivity index (χ4v) is 13.3. The minimum Gasteiger partial charge on any atom is -0.393 e. The molecule has 0 radical (unpaired) electrons. The number of carbonyl (C=O) groups is 5. The summed E-state index contributed by atoms with van der Waals surface area (Å²) >= 11 is 2.76. The predicted molar refractivity (Wildman–Crippen MR) is 253 cm³/mol. The first kappa shape index (κ1) is 51.7. The van der Waals surface area contributed by atoms with Crippen LogP contribution in [0.3, 0.4) is 0 Å². The maximum absolute atomic E-state index is 16.5. The van der Waals surface area contributed by atoms with Crippen LogP contribution in [0, 0.1) is 29.1 Å². The fourth-order valence-electron chi connectivity index (χ4n) is 8.93. The quantitative estimate of drug-likeness (QED) is 0.0913. The lowest BCUT2D eigenvalue weighted by Gasteiger charge is -2.43. The zero-order chi connectivity index (χ0) is 48.0. The lowest BCUT2D eigenvalue weighted by atomic mass is 9.87. The summed E-state index contributed by atoms with van der Waals surface area (Å²) in [7, 11) is -5.28. The van der Waals surface area contributed by atoms with Gasteiger partial charge in [0.1, 0.15) is 12.1 Å². The van der Waals surface area contributed by atoms with Gasteiger partial charge in [0, 0.05) is 65.6 Å². The van der Waals surface area contributed by atoms with Crippen LogP contribution >= 0.6 is 42.5 Å². The summed E-state index contributed by atoms with van der Waals surface area (Å²) in [6.07, 6.45) is 1.15. The smallest absolute Gasteiger partial charge is 0.393 e. The standard InChI is InChI=1S/C47H59F2N4O9PS3/c1-29(2)21-41(55)64-19-17-61-63(60,62-18-20-65-42(56)22-30(3)4)47(48,49)34-11-12-39-32(23-34)24-40(66-39)43(57)51-37-25-35(54)13-15-46(5)16-14-38(53(46)44(37)58)45(59)52-27-33(26-50)36(28-52)31-9-7-6-8-10-31/h6-12,23-24,29-30,33,35-38,54H,13-22,25,27-28H2,1-5H3,(H,51,57)/t33-,35+,36+,37+,38+,46+/m1/s1. The lowest BCUT2D eigenvalue weighted by molar-refractivity contribution is -0.150. The molecule has 2 N–H and O–H groups in total. The summed E-state index contributed by atoms with van der Waals surface area (Å²) in [5.74, 6) is -1.96. The van der Waals surface area contributed by atoms with Crippen LogP contribution in [0.25, 0.3) is 10.1 Å². The van der Waals surface area contributed by atoms with Crippen molar-refractivity contribution in [1.82, 2.24) is 15.1 Å². The molecular formula is C47H59F2N4O9PS3. The Bertz CT molecular complexity index is 2310. The van der Waals surface area contributed by atoms with Crippen LogP contribution in [-0.4, -0.2) is 104 Å². The highest BCUT2D eigenvalue weighted by molar-refractivity contribution is 8.13. The van der Waals surface area contributed by atoms with E-state index in [1.807, 2.05) is 65.0 Å². The van der Waals surface area contributed by atoms with Crippen LogP contribution in [0.1, 0.15) is 106 Å². The number of amides is 3. The number of nitriles is 1. The molecule has 3 saturated heterocycles. The number of aliphatic hydroxyl groups is 1. The van der Waals surface area contributed by atoms with Gasteiger partial charge in [0.05, 0.1) is 36.2 Å². The maximum atomic E-state index is 16.5. The number of likely N-dealkylation sites (tertiary alicyclic amines) is 1. The molecule has 0 unspecified atom stereocenters. The first-order valence-electron chi connectivity index (χ1n) is 22.4. The van der Waals surface area contributed by atoms with Crippen LogP contribution < -0.4 is 5.32 Å². The Hall–Kier alpha value is -3.69. The zero-order valence-electron chi connectivity index (χ0n) is 37.9. The summed E-state index contributed by atoms with van der Waals surface area (Å²) < 4.78 is 58.2. The Morgan fingerprint density at radius 3 is 2.20 bits per heavy atom. The number of thioether (sulfide) groups is 2. The van der Waals surface area contributed by atoms with E-state index in [9.17, 15) is 38.9 Å². The van der Waals surface area contributed by atoms with Gasteiger partial charge in [-0.3, -0.25) is 28.5 Å². The third kappa shape index (κ3) is 12.1. The van der Waals surface area contributed by atoms with Crippen molar-refractivity contribution < 1.29 is 51.5 Å². The molecule has 1 aromatic heterocycles. The number of fused-ring (bicyclic) bond motifs is 2. The van der Waals surface area contributed by atoms with E-state index in [1.165, 1.54) is 12.1 Å². The van der Waals surface area contributed by atoms with Crippen molar-refractivity contribution >= 4 is 80.5 Å². The van der Waals surface area contributed by atoms with Gasteiger partial charge in [-0.2, -0.15) is 14.0 Å². The second kappa shape index (κ2) is 22.2. The number of alkyl halides is 2. The molecule has 4 heterocycles. The molecule has 0 saturated carbocycles. The molecule has 66 heavy (non-hydrogen) atoms. The Morgan fingerprint density at radius 1 is 0.970 bits per heavy atom. The van der Waals surface area contributed by atoms with Gasteiger partial charge in [0.25, 0.3) is 5.91 Å². The van der Waals surface area contributed by atoms with Gasteiger partial charge < -0.3 is 29.3 Å². The average molecular weight is 989 g/mol. The molecule has 0 spiro atoms. The summed E-state index contributed by atoms with van der Waals surface area (Å²) in [6.45, 7) is 8.99. The number of hydrogen-bond donors (Lipinski definition) is 2. The molecule has 3 aliphatic rings. The van der Waals surface area contributed by atoms with Gasteiger partial charge in [-0.25, -0.2) is 0 Å². The van der Waals surface area contributed by atoms with E-state index >= 15 is 8.78 Å². The molecule has 3 amide bonds. The van der Waals surface area contributed by atoms with E-state index in [-0.39, 0.29) is 81.5 Å². The Morgan fingerprint density at radius 2 is 1.59 bits per heavy atom. The number of halogens is 2. The van der Waals surface area contributed by atoms with E-state index in [2.05, 4.69) is 11.4 Å². The molecule has 3 fully saturated rings. The van der Waals surface area contributed by atoms with Crippen LogP contribution in [0.4, 0.5) is 8.78 Å². The highest BCUT2D eigenvalue weighted by Gasteiger charge is 2.56. The minimum absolute atomic E-state index is 0.0382. The van der Waals surface area contributed by atoms with Crippen LogP contribution in [0.5, 0.6) is 0 Å². The van der Waals surface area contributed by atoms with E-state index in [0.29, 0.717) is 36.9 Å². The van der Waals surface area contributed by atoms with Crippen LogP contribution in [-0.2, 0) is 38.5 Å². The van der Waals surface area contributed by atoms with Crippen LogP contribution in [0.2, 0.25) is 0 Å². The van der Waals surface area contributed by atoms with E-state index in [1.54, 1.807) is 9.80 Å². The Balaban J connectivity index is 1.18. The number of hydrogen-bond acceptors (Lipinski definition) is 13. The molecule has 6 atom stereocenters. The van der Waals surface area contributed by atoms with E-state index in [0.717, 1.165) is 52.6 Å². The van der Waals surface area contributed by atoms with Crippen molar-refractivity contribution in [3.8, 4) is 6.07 Å². The third-order valence-corrected chi connectivity index (χ3v) is 17.1. The molecule has 3 aliphatic heterocycles. The first-order chi connectivity index (χ1) is 31.2. The van der Waals surface area contributed by atoms with Gasteiger partial charge in [0.2, 0.25) is 11.8 Å². The highest BCUT2D eigenvalue weighted by Crippen LogP contribution is 2.67. The van der Waals surface area contributed by atoms with Crippen molar-refractivity contribution in [1.29, 1.82) is 5.26 Å². The molecule has 3 aromatic rings. The average Bonchev–Trinajstić information content (AvgIpc) is 4.00. The number of benzene rings is 2. The number of nitrogens with one attached hydrogen (secondary N) is 1. The number of rotatable bonds is 18. The normalized spacial score (nSPS) is 23.8. The zero-order valence-corrected chi connectivity index (χ0v) is 41.3. The fraction of sp³-hybridized carbons (Fsp3) is 0.574. The summed E-state index contributed by atoms with van der Waals surface area (Å²) in [4.78, 5) is 70.7. The molecule has 2 aromatic carbocycles. The summed E-state index contributed by atoms with van der Waals surface area (Å²) in [5.41, 5.74) is -4.71. The first-order valence-corrected chi connectivity index (χ1v) is 26.8. The SMILES string of the molecule is CC(C)CC(=O)SCCOP(=O)(OCCSC(=O)CC(C)C)C(F)(F)c1ccc2sc(C(=O)N[C@H]3C[C@@H](O)CC[C@@]4(C)CC[C@@H](C(=O)N5C[C@@H](C#N)[C@H](c6ccccc6)C5)N4C3=O)cc2c1.